The average molecular weight is 421 g/mol. The number of rotatable bonds is 7. The number of carbonyl (C=O) groups is 1. The summed E-state index contributed by atoms with van der Waals surface area (Å²) in [5.41, 5.74) is 4.61. The van der Waals surface area contributed by atoms with Gasteiger partial charge in [-0.2, -0.15) is 0 Å². The molecule has 0 spiro atoms. The van der Waals surface area contributed by atoms with Crippen molar-refractivity contribution in [1.29, 1.82) is 0 Å². The van der Waals surface area contributed by atoms with Gasteiger partial charge in [-0.1, -0.05) is 36.4 Å². The molecule has 0 bridgehead atoms. The smallest absolute Gasteiger partial charge is 0.253 e. The molecule has 2 N–H and O–H groups in total. The molecule has 2 heterocycles. The molecule has 1 fully saturated rings. The SMILES string of the molecule is COc1cccc(-n2c(-c3ccccc3)cc(C(=O)NCC[NH+]3CCOCC3)c2C)c1. The summed E-state index contributed by atoms with van der Waals surface area (Å²) in [7, 11) is 1.66. The van der Waals surface area contributed by atoms with Crippen molar-refractivity contribution < 1.29 is 19.2 Å². The number of aromatic nitrogens is 1. The van der Waals surface area contributed by atoms with Crippen molar-refractivity contribution in [2.45, 2.75) is 6.92 Å². The van der Waals surface area contributed by atoms with Gasteiger partial charge >= 0.3 is 0 Å². The Hall–Kier alpha value is -3.09. The molecule has 6 heteroatoms. The monoisotopic (exact) mass is 420 g/mol. The topological polar surface area (TPSA) is 56.9 Å². The quantitative estimate of drug-likeness (QED) is 0.616. The van der Waals surface area contributed by atoms with Crippen molar-refractivity contribution in [2.75, 3.05) is 46.5 Å². The Bertz CT molecular complexity index is 1020. The molecule has 162 valence electrons. The van der Waals surface area contributed by atoms with Crippen LogP contribution < -0.4 is 15.0 Å². The van der Waals surface area contributed by atoms with Gasteiger partial charge < -0.3 is 24.3 Å². The number of nitrogens with zero attached hydrogens (tertiary/aromatic N) is 1. The van der Waals surface area contributed by atoms with Gasteiger partial charge in [0, 0.05) is 17.4 Å². The summed E-state index contributed by atoms with van der Waals surface area (Å²) in [6.45, 7) is 7.15. The molecule has 0 aliphatic carbocycles. The van der Waals surface area contributed by atoms with E-state index in [2.05, 4.69) is 22.0 Å². The van der Waals surface area contributed by atoms with Crippen LogP contribution in [-0.2, 0) is 4.74 Å². The van der Waals surface area contributed by atoms with Crippen LogP contribution in [0.25, 0.3) is 16.9 Å². The lowest BCUT2D eigenvalue weighted by molar-refractivity contribution is -0.906. The summed E-state index contributed by atoms with van der Waals surface area (Å²) < 4.78 is 13.0. The first-order valence-electron chi connectivity index (χ1n) is 10.8. The van der Waals surface area contributed by atoms with Gasteiger partial charge in [0.25, 0.3) is 5.91 Å². The number of quaternary nitrogens is 1. The summed E-state index contributed by atoms with van der Waals surface area (Å²) in [4.78, 5) is 14.5. The normalized spacial score (nSPS) is 14.4. The highest BCUT2D eigenvalue weighted by atomic mass is 16.5. The fraction of sp³-hybridized carbons (Fsp3) is 0.320. The van der Waals surface area contributed by atoms with E-state index in [0.29, 0.717) is 12.1 Å². The Balaban J connectivity index is 1.62. The predicted molar refractivity (Wildman–Crippen MR) is 121 cm³/mol. The van der Waals surface area contributed by atoms with E-state index in [-0.39, 0.29) is 5.91 Å². The molecule has 0 unspecified atom stereocenters. The Kier molecular flexibility index (Phi) is 6.70. The standard InChI is InChI=1S/C25H29N3O3/c1-19-23(25(29)26-11-12-27-13-15-31-16-14-27)18-24(20-7-4-3-5-8-20)28(19)21-9-6-10-22(17-21)30-2/h3-10,17-18H,11-16H2,1-2H3,(H,26,29)/p+1. The van der Waals surface area contributed by atoms with Crippen LogP contribution in [0.3, 0.4) is 0 Å². The van der Waals surface area contributed by atoms with E-state index in [0.717, 1.165) is 61.2 Å². The number of ether oxygens (including phenoxy) is 2. The fourth-order valence-corrected chi connectivity index (χ4v) is 4.10. The maximum absolute atomic E-state index is 13.1. The largest absolute Gasteiger partial charge is 0.497 e. The predicted octanol–water partition coefficient (Wildman–Crippen LogP) is 2.11. The lowest BCUT2D eigenvalue weighted by atomic mass is 10.1. The zero-order valence-electron chi connectivity index (χ0n) is 18.2. The van der Waals surface area contributed by atoms with E-state index in [1.807, 2.05) is 55.5 Å². The molecule has 4 rings (SSSR count). The van der Waals surface area contributed by atoms with Gasteiger partial charge in [-0.15, -0.1) is 0 Å². The highest BCUT2D eigenvalue weighted by Gasteiger charge is 2.20. The zero-order valence-corrected chi connectivity index (χ0v) is 18.2. The average Bonchev–Trinajstić information content (AvgIpc) is 3.17. The van der Waals surface area contributed by atoms with Crippen molar-refractivity contribution in [3.8, 4) is 22.7 Å². The van der Waals surface area contributed by atoms with E-state index in [1.54, 1.807) is 7.11 Å². The van der Waals surface area contributed by atoms with Crippen LogP contribution >= 0.6 is 0 Å². The van der Waals surface area contributed by atoms with E-state index >= 15 is 0 Å². The molecule has 0 saturated carbocycles. The molecule has 1 amide bonds. The highest BCUT2D eigenvalue weighted by Crippen LogP contribution is 2.30. The van der Waals surface area contributed by atoms with Crippen LogP contribution in [0.5, 0.6) is 5.75 Å². The minimum Gasteiger partial charge on any atom is -0.497 e. The zero-order chi connectivity index (χ0) is 21.6. The van der Waals surface area contributed by atoms with Crippen molar-refractivity contribution in [2.24, 2.45) is 0 Å². The lowest BCUT2D eigenvalue weighted by Gasteiger charge is -2.23. The molecular formula is C25H30N3O3+. The van der Waals surface area contributed by atoms with E-state index in [4.69, 9.17) is 9.47 Å². The van der Waals surface area contributed by atoms with Crippen LogP contribution in [0.4, 0.5) is 0 Å². The Morgan fingerprint density at radius 3 is 2.61 bits per heavy atom. The Morgan fingerprint density at radius 2 is 1.87 bits per heavy atom. The van der Waals surface area contributed by atoms with Gasteiger partial charge in [0.2, 0.25) is 0 Å². The third-order valence-electron chi connectivity index (χ3n) is 5.84. The lowest BCUT2D eigenvalue weighted by Crippen LogP contribution is -3.14. The molecule has 0 radical (unpaired) electrons. The van der Waals surface area contributed by atoms with Gasteiger partial charge in [-0.3, -0.25) is 4.79 Å². The van der Waals surface area contributed by atoms with Gasteiger partial charge in [0.1, 0.15) is 18.8 Å². The van der Waals surface area contributed by atoms with Crippen LogP contribution in [0.15, 0.2) is 60.7 Å². The number of amides is 1. The van der Waals surface area contributed by atoms with Crippen LogP contribution in [0.2, 0.25) is 0 Å². The number of methoxy groups -OCH3 is 1. The molecular weight excluding hydrogens is 390 g/mol. The van der Waals surface area contributed by atoms with Crippen LogP contribution in [0, 0.1) is 6.92 Å². The van der Waals surface area contributed by atoms with Crippen molar-refractivity contribution in [1.82, 2.24) is 9.88 Å². The molecule has 0 atom stereocenters. The number of nitrogens with one attached hydrogen (secondary N) is 2. The molecule has 1 aromatic heterocycles. The molecule has 6 nitrogen and oxygen atoms in total. The first kappa shape index (κ1) is 21.2. The second kappa shape index (κ2) is 9.81. The van der Waals surface area contributed by atoms with Gasteiger partial charge in [0.15, 0.2) is 0 Å². The van der Waals surface area contributed by atoms with Crippen LogP contribution in [0.1, 0.15) is 16.1 Å². The van der Waals surface area contributed by atoms with Gasteiger partial charge in [-0.05, 0) is 30.7 Å². The second-order valence-corrected chi connectivity index (χ2v) is 7.80. The summed E-state index contributed by atoms with van der Waals surface area (Å²) in [6.07, 6.45) is 0. The van der Waals surface area contributed by atoms with E-state index in [1.165, 1.54) is 4.90 Å². The number of carbonyl (C=O) groups excluding carboxylic acids is 1. The molecule has 1 aliphatic heterocycles. The summed E-state index contributed by atoms with van der Waals surface area (Å²) >= 11 is 0. The number of morpholine rings is 1. The molecule has 31 heavy (non-hydrogen) atoms. The fourth-order valence-electron chi connectivity index (χ4n) is 4.10. The maximum atomic E-state index is 13.1. The first-order chi connectivity index (χ1) is 15.2. The van der Waals surface area contributed by atoms with Crippen molar-refractivity contribution in [3.05, 3.63) is 71.9 Å². The molecule has 2 aromatic carbocycles. The summed E-state index contributed by atoms with van der Waals surface area (Å²) in [6, 6.07) is 20.0. The van der Waals surface area contributed by atoms with Crippen molar-refractivity contribution >= 4 is 5.91 Å². The third-order valence-corrected chi connectivity index (χ3v) is 5.84. The molecule has 1 aliphatic rings. The summed E-state index contributed by atoms with van der Waals surface area (Å²) in [5, 5.41) is 3.11. The van der Waals surface area contributed by atoms with E-state index in [9.17, 15) is 4.79 Å². The maximum Gasteiger partial charge on any atom is 0.253 e. The van der Waals surface area contributed by atoms with Gasteiger partial charge in [-0.25, -0.2) is 0 Å². The Morgan fingerprint density at radius 1 is 1.10 bits per heavy atom. The van der Waals surface area contributed by atoms with E-state index < -0.39 is 0 Å². The number of benzene rings is 2. The minimum absolute atomic E-state index is 0.0380. The van der Waals surface area contributed by atoms with Crippen molar-refractivity contribution in [3.63, 3.8) is 0 Å². The van der Waals surface area contributed by atoms with Gasteiger partial charge in [0.05, 0.1) is 44.7 Å². The first-order valence-corrected chi connectivity index (χ1v) is 10.8. The Labute approximate surface area is 183 Å². The van der Waals surface area contributed by atoms with Crippen LogP contribution in [-0.4, -0.2) is 57.0 Å². The number of hydrogen-bond acceptors (Lipinski definition) is 3. The second-order valence-electron chi connectivity index (χ2n) is 7.80. The molecule has 1 saturated heterocycles. The highest BCUT2D eigenvalue weighted by molar-refractivity contribution is 5.97. The minimum atomic E-state index is -0.0380. The third kappa shape index (κ3) is 4.81. The molecule has 3 aromatic rings. The summed E-state index contributed by atoms with van der Waals surface area (Å²) in [5.74, 6) is 0.744. The number of hydrogen-bond donors (Lipinski definition) is 2.